The van der Waals surface area contributed by atoms with Gasteiger partial charge in [0.2, 0.25) is 0 Å². The van der Waals surface area contributed by atoms with Gasteiger partial charge in [-0.25, -0.2) is 0 Å². The van der Waals surface area contributed by atoms with Gasteiger partial charge < -0.3 is 16.4 Å². The smallest absolute Gasteiger partial charge is 0.256 e. The van der Waals surface area contributed by atoms with E-state index in [1.165, 1.54) is 16.7 Å². The van der Waals surface area contributed by atoms with Crippen molar-refractivity contribution in [2.24, 2.45) is 5.73 Å². The van der Waals surface area contributed by atoms with E-state index in [2.05, 4.69) is 58.7 Å². The molecule has 5 N–H and O–H groups in total. The Bertz CT molecular complexity index is 933. The van der Waals surface area contributed by atoms with Gasteiger partial charge in [-0.3, -0.25) is 14.9 Å². The van der Waals surface area contributed by atoms with Gasteiger partial charge in [0.05, 0.1) is 11.9 Å². The van der Waals surface area contributed by atoms with Crippen LogP contribution in [0.3, 0.4) is 0 Å². The van der Waals surface area contributed by atoms with Crippen LogP contribution in [0.25, 0.3) is 0 Å². The first-order valence-corrected chi connectivity index (χ1v) is 8.31. The zero-order chi connectivity index (χ0) is 18.7. The summed E-state index contributed by atoms with van der Waals surface area (Å²) in [6, 6.07) is 7.91. The fourth-order valence-electron chi connectivity index (χ4n) is 2.87. The molecule has 2 aromatic heterocycles. The fourth-order valence-corrected chi connectivity index (χ4v) is 2.87. The molecule has 0 unspecified atom stereocenters. The number of H-pyrrole nitrogens is 1. The molecule has 134 valence electrons. The third-order valence-corrected chi connectivity index (χ3v) is 4.31. The van der Waals surface area contributed by atoms with E-state index in [9.17, 15) is 4.79 Å². The number of aromatic nitrogens is 3. The first-order chi connectivity index (χ1) is 12.5. The molecule has 3 aromatic rings. The minimum atomic E-state index is -0.565. The number of carbonyl (C=O) groups excluding carboxylic acids is 1. The van der Waals surface area contributed by atoms with E-state index in [1.807, 2.05) is 6.07 Å². The number of pyridine rings is 1. The van der Waals surface area contributed by atoms with Crippen LogP contribution >= 0.6 is 0 Å². The molecule has 0 aliphatic carbocycles. The number of carbonyl (C=O) groups is 1. The molecule has 1 amide bonds. The van der Waals surface area contributed by atoms with E-state index in [4.69, 9.17) is 5.73 Å². The van der Waals surface area contributed by atoms with Crippen molar-refractivity contribution in [3.05, 3.63) is 64.5 Å². The molecule has 1 aromatic carbocycles. The van der Waals surface area contributed by atoms with Gasteiger partial charge in [-0.1, -0.05) is 17.7 Å². The van der Waals surface area contributed by atoms with Crippen molar-refractivity contribution in [3.63, 3.8) is 0 Å². The average Bonchev–Trinajstić information content (AvgIpc) is 3.00. The highest BCUT2D eigenvalue weighted by atomic mass is 16.1. The van der Waals surface area contributed by atoms with Gasteiger partial charge in [-0.05, 0) is 49.6 Å². The summed E-state index contributed by atoms with van der Waals surface area (Å²) in [4.78, 5) is 16.0. The molecular weight excluding hydrogens is 328 g/mol. The summed E-state index contributed by atoms with van der Waals surface area (Å²) in [6.07, 6.45) is 3.32. The largest absolute Gasteiger partial charge is 0.365 e. The van der Waals surface area contributed by atoms with Gasteiger partial charge in [-0.2, -0.15) is 5.10 Å². The number of anilines is 3. The lowest BCUT2D eigenvalue weighted by molar-refractivity contribution is 0.100. The topological polar surface area (TPSA) is 109 Å². The molecule has 0 radical (unpaired) electrons. The first kappa shape index (κ1) is 17.5. The zero-order valence-corrected chi connectivity index (χ0v) is 15.1. The van der Waals surface area contributed by atoms with Crippen LogP contribution < -0.4 is 16.4 Å². The summed E-state index contributed by atoms with van der Waals surface area (Å²) in [5.74, 6) is 0.289. The third-order valence-electron chi connectivity index (χ3n) is 4.31. The Kier molecular flexibility index (Phi) is 4.88. The van der Waals surface area contributed by atoms with Crippen LogP contribution in [0.4, 0.5) is 17.3 Å². The molecule has 0 atom stereocenters. The maximum absolute atomic E-state index is 11.9. The lowest BCUT2D eigenvalue weighted by Crippen LogP contribution is -2.15. The Morgan fingerprint density at radius 1 is 1.27 bits per heavy atom. The molecule has 0 aliphatic heterocycles. The Balaban J connectivity index is 1.84. The quantitative estimate of drug-likeness (QED) is 0.546. The SMILES string of the molecule is Cc1cc(C)c(C)c(CNc2n[nH]c(Nc3cccnc3)c2C(N)=O)c1. The van der Waals surface area contributed by atoms with Gasteiger partial charge in [-0.15, -0.1) is 0 Å². The van der Waals surface area contributed by atoms with Crippen molar-refractivity contribution in [1.29, 1.82) is 0 Å². The molecule has 0 fully saturated rings. The number of primary amides is 1. The van der Waals surface area contributed by atoms with E-state index < -0.39 is 5.91 Å². The van der Waals surface area contributed by atoms with Crippen LogP contribution in [0, 0.1) is 20.8 Å². The fraction of sp³-hybridized carbons (Fsp3) is 0.211. The molecule has 2 heterocycles. The predicted molar refractivity (Wildman–Crippen MR) is 103 cm³/mol. The van der Waals surface area contributed by atoms with Crippen LogP contribution in [0.5, 0.6) is 0 Å². The highest BCUT2D eigenvalue weighted by Crippen LogP contribution is 2.25. The van der Waals surface area contributed by atoms with Crippen LogP contribution in [-0.4, -0.2) is 21.1 Å². The Labute approximate surface area is 152 Å². The van der Waals surface area contributed by atoms with Crippen LogP contribution in [0.2, 0.25) is 0 Å². The number of aromatic amines is 1. The second-order valence-electron chi connectivity index (χ2n) is 6.27. The number of hydrogen-bond donors (Lipinski definition) is 4. The van der Waals surface area contributed by atoms with Crippen LogP contribution in [0.15, 0.2) is 36.7 Å². The van der Waals surface area contributed by atoms with E-state index in [1.54, 1.807) is 18.5 Å². The zero-order valence-electron chi connectivity index (χ0n) is 15.1. The normalized spacial score (nSPS) is 10.6. The summed E-state index contributed by atoms with van der Waals surface area (Å²) in [6.45, 7) is 6.78. The summed E-state index contributed by atoms with van der Waals surface area (Å²) >= 11 is 0. The number of nitrogens with two attached hydrogens (primary N) is 1. The highest BCUT2D eigenvalue weighted by molar-refractivity contribution is 6.03. The lowest BCUT2D eigenvalue weighted by atomic mass is 10.00. The van der Waals surface area contributed by atoms with E-state index in [0.29, 0.717) is 18.2 Å². The number of benzene rings is 1. The van der Waals surface area contributed by atoms with Crippen LogP contribution in [-0.2, 0) is 6.54 Å². The third kappa shape index (κ3) is 3.66. The number of aryl methyl sites for hydroxylation is 2. The van der Waals surface area contributed by atoms with Gasteiger partial charge >= 0.3 is 0 Å². The molecule has 7 nitrogen and oxygen atoms in total. The number of hydrogen-bond acceptors (Lipinski definition) is 5. The van der Waals surface area contributed by atoms with Crippen molar-refractivity contribution >= 4 is 23.2 Å². The number of amides is 1. The van der Waals surface area contributed by atoms with Gasteiger partial charge in [0, 0.05) is 12.7 Å². The van der Waals surface area contributed by atoms with Crippen molar-refractivity contribution in [2.45, 2.75) is 27.3 Å². The average molecular weight is 350 g/mol. The minimum Gasteiger partial charge on any atom is -0.365 e. The molecule has 26 heavy (non-hydrogen) atoms. The second-order valence-corrected chi connectivity index (χ2v) is 6.27. The van der Waals surface area contributed by atoms with Gasteiger partial charge in [0.15, 0.2) is 5.82 Å². The van der Waals surface area contributed by atoms with E-state index >= 15 is 0 Å². The van der Waals surface area contributed by atoms with Gasteiger partial charge in [0.25, 0.3) is 5.91 Å². The van der Waals surface area contributed by atoms with Crippen molar-refractivity contribution in [1.82, 2.24) is 15.2 Å². The van der Waals surface area contributed by atoms with Gasteiger partial charge in [0.1, 0.15) is 11.4 Å². The Hall–Kier alpha value is -3.35. The Morgan fingerprint density at radius 3 is 2.77 bits per heavy atom. The van der Waals surface area contributed by atoms with Crippen molar-refractivity contribution in [2.75, 3.05) is 10.6 Å². The summed E-state index contributed by atoms with van der Waals surface area (Å²) in [5.41, 5.74) is 11.4. The molecule has 0 bridgehead atoms. The second kappa shape index (κ2) is 7.26. The van der Waals surface area contributed by atoms with E-state index in [0.717, 1.165) is 11.3 Å². The standard InChI is InChI=1S/C19H22N6O/c1-11-7-12(2)13(3)14(8-11)9-22-18-16(17(20)26)19(25-24-18)23-15-5-4-6-21-10-15/h4-8,10H,9H2,1-3H3,(H2,20,26)(H3,22,23,24,25). The maximum atomic E-state index is 11.9. The highest BCUT2D eigenvalue weighted by Gasteiger charge is 2.19. The number of rotatable bonds is 6. The molecule has 0 saturated heterocycles. The molecule has 3 rings (SSSR count). The monoisotopic (exact) mass is 350 g/mol. The molecule has 0 spiro atoms. The molecule has 0 saturated carbocycles. The first-order valence-electron chi connectivity index (χ1n) is 8.31. The molecular formula is C19H22N6O. The summed E-state index contributed by atoms with van der Waals surface area (Å²) in [5, 5.41) is 13.3. The van der Waals surface area contributed by atoms with E-state index in [-0.39, 0.29) is 5.56 Å². The minimum absolute atomic E-state index is 0.288. The summed E-state index contributed by atoms with van der Waals surface area (Å²) in [7, 11) is 0. The van der Waals surface area contributed by atoms with Crippen molar-refractivity contribution < 1.29 is 4.79 Å². The lowest BCUT2D eigenvalue weighted by Gasteiger charge is -2.12. The molecule has 0 aliphatic rings. The summed E-state index contributed by atoms with van der Waals surface area (Å²) < 4.78 is 0. The maximum Gasteiger partial charge on any atom is 0.256 e. The van der Waals surface area contributed by atoms with Crippen LogP contribution in [0.1, 0.15) is 32.6 Å². The Morgan fingerprint density at radius 2 is 2.08 bits per heavy atom. The van der Waals surface area contributed by atoms with Crippen molar-refractivity contribution in [3.8, 4) is 0 Å². The predicted octanol–water partition coefficient (Wildman–Crippen LogP) is 3.18. The number of nitrogens with one attached hydrogen (secondary N) is 3. The molecule has 7 heteroatoms. The number of nitrogens with zero attached hydrogens (tertiary/aromatic N) is 2.